The van der Waals surface area contributed by atoms with Crippen LogP contribution in [0.15, 0.2) is 30.3 Å². The summed E-state index contributed by atoms with van der Waals surface area (Å²) in [5.74, 6) is -0.661. The summed E-state index contributed by atoms with van der Waals surface area (Å²) in [7, 11) is 2.68. The lowest BCUT2D eigenvalue weighted by Crippen LogP contribution is -2.23. The highest BCUT2D eigenvalue weighted by Gasteiger charge is 2.62. The van der Waals surface area contributed by atoms with Crippen molar-refractivity contribution in [2.75, 3.05) is 14.2 Å². The summed E-state index contributed by atoms with van der Waals surface area (Å²) in [6.45, 7) is 0. The summed E-state index contributed by atoms with van der Waals surface area (Å²) in [6.07, 6.45) is 0.717. The van der Waals surface area contributed by atoms with E-state index in [1.165, 1.54) is 14.2 Å². The van der Waals surface area contributed by atoms with E-state index in [1.807, 2.05) is 30.3 Å². The van der Waals surface area contributed by atoms with Crippen LogP contribution in [0, 0.1) is 5.41 Å². The van der Waals surface area contributed by atoms with Crippen LogP contribution in [0.5, 0.6) is 0 Å². The molecule has 0 aromatic heterocycles. The Morgan fingerprint density at radius 1 is 1.22 bits per heavy atom. The minimum Gasteiger partial charge on any atom is -0.469 e. The van der Waals surface area contributed by atoms with E-state index in [9.17, 15) is 9.59 Å². The predicted octanol–water partition coefficient (Wildman–Crippen LogP) is 1.90. The van der Waals surface area contributed by atoms with Crippen molar-refractivity contribution >= 4 is 11.9 Å². The van der Waals surface area contributed by atoms with E-state index in [4.69, 9.17) is 4.74 Å². The Bertz CT molecular complexity index is 454. The Hall–Kier alpha value is -1.84. The molecule has 1 aromatic rings. The van der Waals surface area contributed by atoms with E-state index >= 15 is 0 Å². The van der Waals surface area contributed by atoms with E-state index in [-0.39, 0.29) is 24.3 Å². The Labute approximate surface area is 106 Å². The van der Waals surface area contributed by atoms with Gasteiger partial charge in [0.15, 0.2) is 0 Å². The molecule has 4 heteroatoms. The molecule has 0 heterocycles. The summed E-state index contributed by atoms with van der Waals surface area (Å²) in [4.78, 5) is 23.3. The van der Waals surface area contributed by atoms with Crippen molar-refractivity contribution in [3.05, 3.63) is 35.9 Å². The summed E-state index contributed by atoms with van der Waals surface area (Å²) < 4.78 is 9.49. The SMILES string of the molecule is COC(=O)CC1(C(=O)OC)CC1c1ccccc1. The third kappa shape index (κ3) is 2.10. The molecule has 0 saturated heterocycles. The zero-order chi connectivity index (χ0) is 13.2. The maximum Gasteiger partial charge on any atom is 0.313 e. The molecule has 2 rings (SSSR count). The molecule has 1 aromatic carbocycles. The molecule has 0 radical (unpaired) electrons. The van der Waals surface area contributed by atoms with Gasteiger partial charge in [-0.1, -0.05) is 30.3 Å². The molecule has 2 unspecified atom stereocenters. The fourth-order valence-electron chi connectivity index (χ4n) is 2.45. The lowest BCUT2D eigenvalue weighted by Gasteiger charge is -2.13. The average molecular weight is 248 g/mol. The maximum absolute atomic E-state index is 11.9. The minimum absolute atomic E-state index is 0.0465. The Morgan fingerprint density at radius 2 is 1.89 bits per heavy atom. The van der Waals surface area contributed by atoms with Crippen molar-refractivity contribution in [3.8, 4) is 0 Å². The zero-order valence-corrected chi connectivity index (χ0v) is 10.5. The van der Waals surface area contributed by atoms with E-state index in [0.29, 0.717) is 6.42 Å². The van der Waals surface area contributed by atoms with Crippen LogP contribution < -0.4 is 0 Å². The van der Waals surface area contributed by atoms with Gasteiger partial charge >= 0.3 is 11.9 Å². The predicted molar refractivity (Wildman–Crippen MR) is 64.9 cm³/mol. The maximum atomic E-state index is 11.9. The Balaban J connectivity index is 2.21. The average Bonchev–Trinajstić information content (AvgIpc) is 3.14. The van der Waals surface area contributed by atoms with Crippen molar-refractivity contribution in [1.29, 1.82) is 0 Å². The number of methoxy groups -OCH3 is 2. The van der Waals surface area contributed by atoms with Gasteiger partial charge in [0.05, 0.1) is 26.1 Å². The second-order valence-corrected chi connectivity index (χ2v) is 4.57. The van der Waals surface area contributed by atoms with Crippen molar-refractivity contribution < 1.29 is 19.1 Å². The third-order valence-corrected chi connectivity index (χ3v) is 3.56. The molecule has 1 aliphatic carbocycles. The molecular formula is C14H16O4. The highest BCUT2D eigenvalue weighted by molar-refractivity contribution is 5.88. The number of hydrogen-bond acceptors (Lipinski definition) is 4. The van der Waals surface area contributed by atoms with Crippen LogP contribution >= 0.6 is 0 Å². The van der Waals surface area contributed by atoms with Crippen molar-refractivity contribution in [2.24, 2.45) is 5.41 Å². The Kier molecular flexibility index (Phi) is 3.36. The van der Waals surface area contributed by atoms with Gasteiger partial charge in [0.2, 0.25) is 0 Å². The first-order chi connectivity index (χ1) is 8.64. The van der Waals surface area contributed by atoms with Crippen molar-refractivity contribution in [1.82, 2.24) is 0 Å². The molecule has 0 N–H and O–H groups in total. The largest absolute Gasteiger partial charge is 0.469 e. The summed E-state index contributed by atoms with van der Waals surface area (Å²) >= 11 is 0. The summed E-state index contributed by atoms with van der Waals surface area (Å²) in [5.41, 5.74) is 0.329. The van der Waals surface area contributed by atoms with Gasteiger partial charge in [0.1, 0.15) is 0 Å². The number of carbonyl (C=O) groups excluding carboxylic acids is 2. The smallest absolute Gasteiger partial charge is 0.313 e. The van der Waals surface area contributed by atoms with Crippen LogP contribution in [0.25, 0.3) is 0 Å². The molecule has 0 spiro atoms. The van der Waals surface area contributed by atoms with E-state index in [2.05, 4.69) is 4.74 Å². The van der Waals surface area contributed by atoms with Crippen molar-refractivity contribution in [2.45, 2.75) is 18.8 Å². The molecule has 1 aliphatic rings. The molecule has 4 nitrogen and oxygen atoms in total. The lowest BCUT2D eigenvalue weighted by atomic mass is 9.95. The number of benzene rings is 1. The van der Waals surface area contributed by atoms with Crippen LogP contribution in [-0.2, 0) is 19.1 Å². The normalized spacial score (nSPS) is 25.3. The second kappa shape index (κ2) is 4.80. The van der Waals surface area contributed by atoms with Crippen LogP contribution in [0.4, 0.5) is 0 Å². The van der Waals surface area contributed by atoms with Crippen molar-refractivity contribution in [3.63, 3.8) is 0 Å². The van der Waals surface area contributed by atoms with E-state index in [1.54, 1.807) is 0 Å². The number of rotatable bonds is 4. The van der Waals surface area contributed by atoms with Gasteiger partial charge in [-0.15, -0.1) is 0 Å². The molecule has 1 fully saturated rings. The molecule has 18 heavy (non-hydrogen) atoms. The van der Waals surface area contributed by atoms with Gasteiger partial charge in [-0.25, -0.2) is 0 Å². The fraction of sp³-hybridized carbons (Fsp3) is 0.429. The minimum atomic E-state index is -0.733. The summed E-state index contributed by atoms with van der Waals surface area (Å²) in [6, 6.07) is 9.70. The number of esters is 2. The highest BCUT2D eigenvalue weighted by atomic mass is 16.5. The first-order valence-electron chi connectivity index (χ1n) is 5.84. The number of hydrogen-bond donors (Lipinski definition) is 0. The third-order valence-electron chi connectivity index (χ3n) is 3.56. The molecular weight excluding hydrogens is 232 g/mol. The monoisotopic (exact) mass is 248 g/mol. The second-order valence-electron chi connectivity index (χ2n) is 4.57. The van der Waals surface area contributed by atoms with Gasteiger partial charge in [-0.2, -0.15) is 0 Å². The molecule has 2 atom stereocenters. The number of carbonyl (C=O) groups is 2. The van der Waals surface area contributed by atoms with Crippen LogP contribution in [-0.4, -0.2) is 26.2 Å². The van der Waals surface area contributed by atoms with Gasteiger partial charge in [-0.05, 0) is 12.0 Å². The van der Waals surface area contributed by atoms with Crippen LogP contribution in [0.3, 0.4) is 0 Å². The summed E-state index contributed by atoms with van der Waals surface area (Å²) in [5, 5.41) is 0. The topological polar surface area (TPSA) is 52.6 Å². The van der Waals surface area contributed by atoms with Gasteiger partial charge in [0.25, 0.3) is 0 Å². The Morgan fingerprint density at radius 3 is 2.44 bits per heavy atom. The molecule has 0 amide bonds. The van der Waals surface area contributed by atoms with E-state index < -0.39 is 5.41 Å². The molecule has 96 valence electrons. The van der Waals surface area contributed by atoms with Crippen LogP contribution in [0.2, 0.25) is 0 Å². The molecule has 0 bridgehead atoms. The van der Waals surface area contributed by atoms with Gasteiger partial charge < -0.3 is 9.47 Å². The molecule has 0 aliphatic heterocycles. The lowest BCUT2D eigenvalue weighted by molar-refractivity contribution is -0.153. The first kappa shape index (κ1) is 12.6. The zero-order valence-electron chi connectivity index (χ0n) is 10.5. The van der Waals surface area contributed by atoms with Crippen LogP contribution in [0.1, 0.15) is 24.3 Å². The molecule has 1 saturated carbocycles. The number of ether oxygens (including phenoxy) is 2. The van der Waals surface area contributed by atoms with Gasteiger partial charge in [-0.3, -0.25) is 9.59 Å². The standard InChI is InChI=1S/C14H16O4/c1-17-12(15)9-14(13(16)18-2)8-11(14)10-6-4-3-5-7-10/h3-7,11H,8-9H2,1-2H3. The quantitative estimate of drug-likeness (QED) is 0.764. The van der Waals surface area contributed by atoms with Gasteiger partial charge in [0, 0.05) is 5.92 Å². The fourth-order valence-corrected chi connectivity index (χ4v) is 2.45. The highest BCUT2D eigenvalue weighted by Crippen LogP contribution is 2.62. The first-order valence-corrected chi connectivity index (χ1v) is 5.84. The van der Waals surface area contributed by atoms with E-state index in [0.717, 1.165) is 5.56 Å².